The Labute approximate surface area is 101 Å². The molecule has 0 heterocycles. The zero-order valence-corrected chi connectivity index (χ0v) is 9.51. The number of nitrogens with two attached hydrogens (primary N) is 1. The third-order valence-electron chi connectivity index (χ3n) is 1.74. The van der Waals surface area contributed by atoms with Crippen LogP contribution < -0.4 is 11.1 Å². The van der Waals surface area contributed by atoms with Crippen molar-refractivity contribution in [2.75, 3.05) is 11.9 Å². The molecule has 0 atom stereocenters. The molecule has 88 valence electrons. The number of halogens is 4. The Morgan fingerprint density at radius 1 is 1.44 bits per heavy atom. The SMILES string of the molecule is NC(=S)CNc1ccc(Cl)cc1C(F)(F)F. The average Bonchev–Trinajstić information content (AvgIpc) is 2.14. The molecule has 0 aromatic heterocycles. The molecule has 0 radical (unpaired) electrons. The number of anilines is 1. The lowest BCUT2D eigenvalue weighted by Gasteiger charge is -2.14. The maximum Gasteiger partial charge on any atom is 0.418 e. The molecule has 3 N–H and O–H groups in total. The summed E-state index contributed by atoms with van der Waals surface area (Å²) in [6.07, 6.45) is -4.47. The van der Waals surface area contributed by atoms with Gasteiger partial charge in [0.2, 0.25) is 0 Å². The molecule has 1 aromatic carbocycles. The van der Waals surface area contributed by atoms with Gasteiger partial charge in [-0.15, -0.1) is 0 Å². The number of hydrogen-bond acceptors (Lipinski definition) is 2. The molecule has 0 aliphatic heterocycles. The monoisotopic (exact) mass is 268 g/mol. The van der Waals surface area contributed by atoms with Crippen LogP contribution in [-0.4, -0.2) is 11.5 Å². The van der Waals surface area contributed by atoms with Gasteiger partial charge in [0.15, 0.2) is 0 Å². The van der Waals surface area contributed by atoms with Crippen LogP contribution in [0.2, 0.25) is 5.02 Å². The first-order chi connectivity index (χ1) is 7.30. The summed E-state index contributed by atoms with van der Waals surface area (Å²) >= 11 is 10.1. The fourth-order valence-corrected chi connectivity index (χ4v) is 1.33. The number of rotatable bonds is 3. The lowest BCUT2D eigenvalue weighted by Crippen LogP contribution is -2.21. The Kier molecular flexibility index (Phi) is 3.98. The summed E-state index contributed by atoms with van der Waals surface area (Å²) in [5, 5.41) is 2.52. The molecule has 0 bridgehead atoms. The van der Waals surface area contributed by atoms with Crippen LogP contribution in [0.1, 0.15) is 5.56 Å². The van der Waals surface area contributed by atoms with Crippen LogP contribution in [0, 0.1) is 0 Å². The van der Waals surface area contributed by atoms with Crippen molar-refractivity contribution in [3.8, 4) is 0 Å². The molecular formula is C9H8ClF3N2S. The Morgan fingerprint density at radius 3 is 2.56 bits per heavy atom. The van der Waals surface area contributed by atoms with E-state index in [1.165, 1.54) is 12.1 Å². The molecule has 0 aliphatic carbocycles. The van der Waals surface area contributed by atoms with Crippen molar-refractivity contribution >= 4 is 34.5 Å². The highest BCUT2D eigenvalue weighted by Crippen LogP contribution is 2.36. The van der Waals surface area contributed by atoms with Crippen molar-refractivity contribution in [2.45, 2.75) is 6.18 Å². The normalized spacial score (nSPS) is 11.2. The Bertz CT molecular complexity index is 406. The van der Waals surface area contributed by atoms with Crippen LogP contribution in [0.25, 0.3) is 0 Å². The lowest BCUT2D eigenvalue weighted by molar-refractivity contribution is -0.136. The minimum absolute atomic E-state index is 0.0000454. The molecule has 1 rings (SSSR count). The highest BCUT2D eigenvalue weighted by molar-refractivity contribution is 7.80. The number of benzene rings is 1. The van der Waals surface area contributed by atoms with Gasteiger partial charge in [-0.25, -0.2) is 0 Å². The Balaban J connectivity index is 3.03. The summed E-state index contributed by atoms with van der Waals surface area (Å²) in [5.41, 5.74) is 4.26. The van der Waals surface area contributed by atoms with Gasteiger partial charge < -0.3 is 11.1 Å². The zero-order valence-electron chi connectivity index (χ0n) is 7.94. The van der Waals surface area contributed by atoms with Crippen LogP contribution in [0.5, 0.6) is 0 Å². The molecule has 7 heteroatoms. The average molecular weight is 269 g/mol. The van der Waals surface area contributed by atoms with E-state index in [9.17, 15) is 13.2 Å². The van der Waals surface area contributed by atoms with Crippen molar-refractivity contribution in [3.63, 3.8) is 0 Å². The Hall–Kier alpha value is -1.01. The van der Waals surface area contributed by atoms with Crippen molar-refractivity contribution in [2.24, 2.45) is 5.73 Å². The summed E-state index contributed by atoms with van der Waals surface area (Å²) in [7, 11) is 0. The summed E-state index contributed by atoms with van der Waals surface area (Å²) in [6.45, 7) is 0.0000454. The van der Waals surface area contributed by atoms with Crippen LogP contribution in [0.15, 0.2) is 18.2 Å². The largest absolute Gasteiger partial charge is 0.418 e. The highest BCUT2D eigenvalue weighted by atomic mass is 35.5. The lowest BCUT2D eigenvalue weighted by atomic mass is 10.1. The molecule has 0 fully saturated rings. The molecule has 0 saturated heterocycles. The first-order valence-corrected chi connectivity index (χ1v) is 4.98. The predicted molar refractivity (Wildman–Crippen MR) is 61.7 cm³/mol. The van der Waals surface area contributed by atoms with E-state index in [-0.39, 0.29) is 22.2 Å². The van der Waals surface area contributed by atoms with Gasteiger partial charge in [-0.3, -0.25) is 0 Å². The topological polar surface area (TPSA) is 38.0 Å². The van der Waals surface area contributed by atoms with Gasteiger partial charge in [0.1, 0.15) is 0 Å². The van der Waals surface area contributed by atoms with E-state index >= 15 is 0 Å². The van der Waals surface area contributed by atoms with E-state index in [2.05, 4.69) is 17.5 Å². The molecule has 0 aliphatic rings. The molecule has 0 amide bonds. The maximum atomic E-state index is 12.6. The quantitative estimate of drug-likeness (QED) is 0.828. The molecular weight excluding hydrogens is 261 g/mol. The molecule has 0 saturated carbocycles. The first kappa shape index (κ1) is 13.1. The third-order valence-corrected chi connectivity index (χ3v) is 2.12. The van der Waals surface area contributed by atoms with Crippen molar-refractivity contribution in [3.05, 3.63) is 28.8 Å². The molecule has 16 heavy (non-hydrogen) atoms. The minimum atomic E-state index is -4.47. The van der Waals surface area contributed by atoms with E-state index in [1.54, 1.807) is 0 Å². The van der Waals surface area contributed by atoms with Gasteiger partial charge >= 0.3 is 6.18 Å². The Morgan fingerprint density at radius 2 is 2.06 bits per heavy atom. The van der Waals surface area contributed by atoms with Gasteiger partial charge in [0.05, 0.1) is 17.1 Å². The van der Waals surface area contributed by atoms with E-state index in [0.29, 0.717) is 0 Å². The minimum Gasteiger partial charge on any atom is -0.392 e. The molecule has 0 unspecified atom stereocenters. The number of alkyl halides is 3. The standard InChI is InChI=1S/C9H8ClF3N2S/c10-5-1-2-7(15-4-8(14)16)6(3-5)9(11,12)13/h1-3,15H,4H2,(H2,14,16). The number of nitrogens with one attached hydrogen (secondary N) is 1. The van der Waals surface area contributed by atoms with Crippen molar-refractivity contribution < 1.29 is 13.2 Å². The highest BCUT2D eigenvalue weighted by Gasteiger charge is 2.33. The summed E-state index contributed by atoms with van der Waals surface area (Å²) < 4.78 is 37.8. The van der Waals surface area contributed by atoms with Gasteiger partial charge in [-0.2, -0.15) is 13.2 Å². The van der Waals surface area contributed by atoms with Crippen molar-refractivity contribution in [1.29, 1.82) is 0 Å². The second kappa shape index (κ2) is 4.88. The first-order valence-electron chi connectivity index (χ1n) is 4.19. The van der Waals surface area contributed by atoms with Gasteiger partial charge in [0.25, 0.3) is 0 Å². The van der Waals surface area contributed by atoms with E-state index in [4.69, 9.17) is 17.3 Å². The summed E-state index contributed by atoms with van der Waals surface area (Å²) in [5.74, 6) is 0. The van der Waals surface area contributed by atoms with Gasteiger partial charge in [-0.1, -0.05) is 23.8 Å². The van der Waals surface area contributed by atoms with Crippen LogP contribution >= 0.6 is 23.8 Å². The fraction of sp³-hybridized carbons (Fsp3) is 0.222. The van der Waals surface area contributed by atoms with Gasteiger partial charge in [-0.05, 0) is 18.2 Å². The van der Waals surface area contributed by atoms with Crippen LogP contribution in [0.4, 0.5) is 18.9 Å². The molecule has 2 nitrogen and oxygen atoms in total. The third kappa shape index (κ3) is 3.53. The second-order valence-corrected chi connectivity index (χ2v) is 3.97. The summed E-state index contributed by atoms with van der Waals surface area (Å²) in [6, 6.07) is 3.45. The zero-order chi connectivity index (χ0) is 12.3. The number of hydrogen-bond donors (Lipinski definition) is 2. The predicted octanol–water partition coefficient (Wildman–Crippen LogP) is 3.06. The smallest absolute Gasteiger partial charge is 0.392 e. The molecule has 1 aromatic rings. The van der Waals surface area contributed by atoms with E-state index in [0.717, 1.165) is 6.07 Å². The molecule has 0 spiro atoms. The summed E-state index contributed by atoms with van der Waals surface area (Å²) in [4.78, 5) is 0.0862. The van der Waals surface area contributed by atoms with E-state index in [1.807, 2.05) is 0 Å². The van der Waals surface area contributed by atoms with Crippen molar-refractivity contribution in [1.82, 2.24) is 0 Å². The maximum absolute atomic E-state index is 12.6. The van der Waals surface area contributed by atoms with Crippen LogP contribution in [-0.2, 0) is 6.18 Å². The van der Waals surface area contributed by atoms with E-state index < -0.39 is 11.7 Å². The number of thiocarbonyl (C=S) groups is 1. The fourth-order valence-electron chi connectivity index (χ4n) is 1.09. The van der Waals surface area contributed by atoms with Gasteiger partial charge in [0, 0.05) is 10.7 Å². The second-order valence-electron chi connectivity index (χ2n) is 3.01. The van der Waals surface area contributed by atoms with Crippen LogP contribution in [0.3, 0.4) is 0 Å².